The van der Waals surface area contributed by atoms with Crippen molar-refractivity contribution in [1.82, 2.24) is 0 Å². The van der Waals surface area contributed by atoms with E-state index < -0.39 is 18.0 Å². The highest BCUT2D eigenvalue weighted by molar-refractivity contribution is 5.98. The molecule has 1 N–H and O–H groups in total. The van der Waals surface area contributed by atoms with Gasteiger partial charge in [-0.2, -0.15) is 0 Å². The Bertz CT molecular complexity index is 1090. The third-order valence-electron chi connectivity index (χ3n) is 4.83. The molecule has 3 aromatic carbocycles. The van der Waals surface area contributed by atoms with Gasteiger partial charge in [0, 0.05) is 11.3 Å². The normalized spacial score (nSPS) is 13.2. The maximum absolute atomic E-state index is 13.1. The van der Waals surface area contributed by atoms with Crippen LogP contribution in [0.2, 0.25) is 0 Å². The van der Waals surface area contributed by atoms with Crippen LogP contribution in [0.1, 0.15) is 33.2 Å². The Kier molecular flexibility index (Phi) is 5.89. The lowest BCUT2D eigenvalue weighted by molar-refractivity contribution is -0.125. The second-order valence-corrected chi connectivity index (χ2v) is 7.42. The maximum Gasteiger partial charge on any atom is 0.339 e. The molecule has 0 radical (unpaired) electrons. The second kappa shape index (κ2) is 8.92. The molecule has 31 heavy (non-hydrogen) atoms. The molecule has 0 bridgehead atoms. The van der Waals surface area contributed by atoms with E-state index in [0.29, 0.717) is 36.0 Å². The monoisotopic (exact) mass is 417 g/mol. The Morgan fingerprint density at radius 1 is 0.871 bits per heavy atom. The van der Waals surface area contributed by atoms with Gasteiger partial charge >= 0.3 is 5.97 Å². The Hall–Kier alpha value is -3.80. The van der Waals surface area contributed by atoms with Crippen molar-refractivity contribution in [1.29, 1.82) is 0 Å². The molecule has 0 saturated carbocycles. The van der Waals surface area contributed by atoms with Crippen molar-refractivity contribution in [3.05, 3.63) is 89.0 Å². The maximum atomic E-state index is 13.1. The third-order valence-corrected chi connectivity index (χ3v) is 4.83. The average Bonchev–Trinajstić information content (AvgIpc) is 2.76. The lowest BCUT2D eigenvalue weighted by atomic mass is 10.1. The minimum atomic E-state index is -1.11. The van der Waals surface area contributed by atoms with Crippen LogP contribution >= 0.6 is 0 Å². The van der Waals surface area contributed by atoms with Crippen molar-refractivity contribution < 1.29 is 23.8 Å². The van der Waals surface area contributed by atoms with Gasteiger partial charge in [0.1, 0.15) is 13.2 Å². The zero-order chi connectivity index (χ0) is 21.8. The molecule has 6 heteroatoms. The van der Waals surface area contributed by atoms with Gasteiger partial charge in [-0.05, 0) is 55.3 Å². The summed E-state index contributed by atoms with van der Waals surface area (Å²) in [4.78, 5) is 26.0. The lowest BCUT2D eigenvalue weighted by Gasteiger charge is -2.20. The summed E-state index contributed by atoms with van der Waals surface area (Å²) in [6.07, 6.45) is -1.11. The van der Waals surface area contributed by atoms with Crippen molar-refractivity contribution in [3.8, 4) is 11.5 Å². The summed E-state index contributed by atoms with van der Waals surface area (Å²) in [5.41, 5.74) is 3.57. The summed E-state index contributed by atoms with van der Waals surface area (Å²) in [6, 6.07) is 19.5. The van der Waals surface area contributed by atoms with Gasteiger partial charge in [0.05, 0.1) is 5.56 Å². The fourth-order valence-electron chi connectivity index (χ4n) is 3.50. The predicted octanol–water partition coefficient (Wildman–Crippen LogP) is 4.61. The molecule has 158 valence electrons. The first kappa shape index (κ1) is 20.5. The van der Waals surface area contributed by atoms with Crippen LogP contribution in [0.3, 0.4) is 0 Å². The average molecular weight is 417 g/mol. The fourth-order valence-corrected chi connectivity index (χ4v) is 3.50. The summed E-state index contributed by atoms with van der Waals surface area (Å²) >= 11 is 0. The van der Waals surface area contributed by atoms with Crippen LogP contribution in [0.5, 0.6) is 11.5 Å². The highest BCUT2D eigenvalue weighted by Gasteiger charge is 2.27. The van der Waals surface area contributed by atoms with Gasteiger partial charge < -0.3 is 19.5 Å². The Labute approximate surface area is 180 Å². The molecule has 0 fully saturated rings. The summed E-state index contributed by atoms with van der Waals surface area (Å²) in [5, 5.41) is 2.87. The second-order valence-electron chi connectivity index (χ2n) is 7.42. The first-order valence-electron chi connectivity index (χ1n) is 10.0. The number of carbonyl (C=O) groups excluding carboxylic acids is 2. The molecular weight excluding hydrogens is 394 g/mol. The molecule has 4 rings (SSSR count). The molecule has 1 aliphatic rings. The number of nitrogens with one attached hydrogen (secondary N) is 1. The minimum absolute atomic E-state index is 0.282. The first-order valence-corrected chi connectivity index (χ1v) is 10.0. The molecule has 3 aromatic rings. The van der Waals surface area contributed by atoms with Crippen LogP contribution < -0.4 is 14.8 Å². The number of hydrogen-bond donors (Lipinski definition) is 1. The number of hydrogen-bond acceptors (Lipinski definition) is 5. The van der Waals surface area contributed by atoms with E-state index in [1.165, 1.54) is 0 Å². The molecule has 0 aliphatic carbocycles. The fraction of sp³-hybridized carbons (Fsp3) is 0.200. The SMILES string of the molecule is Cc1cc(C)cc(NC(=O)C(OC(=O)c2ccc3c(c2)OCCO3)c2ccccc2)c1. The van der Waals surface area contributed by atoms with Crippen LogP contribution in [0.4, 0.5) is 5.69 Å². The molecule has 1 heterocycles. The molecule has 0 aromatic heterocycles. The van der Waals surface area contributed by atoms with E-state index >= 15 is 0 Å². The van der Waals surface area contributed by atoms with Gasteiger partial charge in [0.15, 0.2) is 11.5 Å². The molecule has 1 atom stereocenters. The number of fused-ring (bicyclic) bond motifs is 1. The number of rotatable bonds is 5. The highest BCUT2D eigenvalue weighted by Crippen LogP contribution is 2.32. The standard InChI is InChI=1S/C25H23NO5/c1-16-12-17(2)14-20(13-16)26-24(27)23(18-6-4-3-5-7-18)31-25(28)19-8-9-21-22(15-19)30-11-10-29-21/h3-9,12-15,23H,10-11H2,1-2H3,(H,26,27). The number of amides is 1. The van der Waals surface area contributed by atoms with Crippen molar-refractivity contribution in [2.24, 2.45) is 0 Å². The zero-order valence-corrected chi connectivity index (χ0v) is 17.4. The van der Waals surface area contributed by atoms with E-state index in [9.17, 15) is 9.59 Å². The zero-order valence-electron chi connectivity index (χ0n) is 17.4. The molecule has 1 aliphatic heterocycles. The number of carbonyl (C=O) groups is 2. The summed E-state index contributed by atoms with van der Waals surface area (Å²) < 4.78 is 16.7. The highest BCUT2D eigenvalue weighted by atomic mass is 16.6. The van der Waals surface area contributed by atoms with Crippen LogP contribution in [-0.2, 0) is 9.53 Å². The molecule has 1 unspecified atom stereocenters. The minimum Gasteiger partial charge on any atom is -0.486 e. The van der Waals surface area contributed by atoms with Crippen LogP contribution in [0.15, 0.2) is 66.7 Å². The van der Waals surface area contributed by atoms with Gasteiger partial charge in [0.2, 0.25) is 6.10 Å². The van der Waals surface area contributed by atoms with E-state index in [-0.39, 0.29) is 5.56 Å². The van der Waals surface area contributed by atoms with E-state index in [4.69, 9.17) is 14.2 Å². The van der Waals surface area contributed by atoms with Crippen molar-refractivity contribution >= 4 is 17.6 Å². The molecule has 1 amide bonds. The first-order chi connectivity index (χ1) is 15.0. The third kappa shape index (κ3) is 4.86. The lowest BCUT2D eigenvalue weighted by Crippen LogP contribution is -2.26. The smallest absolute Gasteiger partial charge is 0.339 e. The van der Waals surface area contributed by atoms with Crippen LogP contribution in [0, 0.1) is 13.8 Å². The number of aryl methyl sites for hydroxylation is 2. The number of esters is 1. The van der Waals surface area contributed by atoms with Crippen LogP contribution in [-0.4, -0.2) is 25.1 Å². The molecule has 0 saturated heterocycles. The van der Waals surface area contributed by atoms with Crippen molar-refractivity contribution in [2.45, 2.75) is 20.0 Å². The largest absolute Gasteiger partial charge is 0.486 e. The van der Waals surface area contributed by atoms with Crippen molar-refractivity contribution in [3.63, 3.8) is 0 Å². The van der Waals surface area contributed by atoms with E-state index in [0.717, 1.165) is 11.1 Å². The summed E-state index contributed by atoms with van der Waals surface area (Å²) in [6.45, 7) is 4.79. The van der Waals surface area contributed by atoms with E-state index in [1.807, 2.05) is 38.1 Å². The van der Waals surface area contributed by atoms with Gasteiger partial charge in [-0.25, -0.2) is 4.79 Å². The quantitative estimate of drug-likeness (QED) is 0.614. The van der Waals surface area contributed by atoms with E-state index in [1.54, 1.807) is 42.5 Å². The Morgan fingerprint density at radius 3 is 2.26 bits per heavy atom. The van der Waals surface area contributed by atoms with Crippen molar-refractivity contribution in [2.75, 3.05) is 18.5 Å². The summed E-state index contributed by atoms with van der Waals surface area (Å²) in [5.74, 6) is 0.00936. The summed E-state index contributed by atoms with van der Waals surface area (Å²) in [7, 11) is 0. The topological polar surface area (TPSA) is 73.9 Å². The van der Waals surface area contributed by atoms with Gasteiger partial charge in [0.25, 0.3) is 5.91 Å². The predicted molar refractivity (Wildman–Crippen MR) is 117 cm³/mol. The molecule has 6 nitrogen and oxygen atoms in total. The van der Waals surface area contributed by atoms with Gasteiger partial charge in [-0.3, -0.25) is 4.79 Å². The van der Waals surface area contributed by atoms with Gasteiger partial charge in [-0.15, -0.1) is 0 Å². The molecule has 0 spiro atoms. The Balaban J connectivity index is 1.58. The van der Waals surface area contributed by atoms with E-state index in [2.05, 4.69) is 5.32 Å². The van der Waals surface area contributed by atoms with Crippen LogP contribution in [0.25, 0.3) is 0 Å². The number of benzene rings is 3. The Morgan fingerprint density at radius 2 is 1.55 bits per heavy atom. The van der Waals surface area contributed by atoms with Gasteiger partial charge in [-0.1, -0.05) is 36.4 Å². The number of anilines is 1. The number of ether oxygens (including phenoxy) is 3. The molecular formula is C25H23NO5.